The van der Waals surface area contributed by atoms with Gasteiger partial charge in [0.1, 0.15) is 5.69 Å². The van der Waals surface area contributed by atoms with E-state index in [4.69, 9.17) is 34.8 Å². The predicted molar refractivity (Wildman–Crippen MR) is 91.1 cm³/mol. The van der Waals surface area contributed by atoms with E-state index in [1.165, 1.54) is 11.8 Å². The zero-order chi connectivity index (χ0) is 16.1. The largest absolute Gasteiger partial charge is 0.350 e. The van der Waals surface area contributed by atoms with Crippen LogP contribution in [0, 0.1) is 0 Å². The van der Waals surface area contributed by atoms with E-state index in [1.807, 2.05) is 30.3 Å². The van der Waals surface area contributed by atoms with Crippen molar-refractivity contribution in [1.82, 2.24) is 10.3 Å². The van der Waals surface area contributed by atoms with Gasteiger partial charge in [0.05, 0.1) is 15.1 Å². The van der Waals surface area contributed by atoms with Crippen molar-refractivity contribution in [2.75, 3.05) is 6.54 Å². The molecule has 1 aromatic carbocycles. The van der Waals surface area contributed by atoms with Crippen molar-refractivity contribution in [2.24, 2.45) is 0 Å². The molecule has 116 valence electrons. The Morgan fingerprint density at radius 3 is 2.50 bits per heavy atom. The van der Waals surface area contributed by atoms with Gasteiger partial charge in [0.2, 0.25) is 0 Å². The van der Waals surface area contributed by atoms with Crippen LogP contribution in [-0.2, 0) is 0 Å². The van der Waals surface area contributed by atoms with Crippen LogP contribution in [0.25, 0.3) is 0 Å². The molecule has 2 rings (SSSR count). The summed E-state index contributed by atoms with van der Waals surface area (Å²) in [5.74, 6) is -0.135. The molecule has 1 aromatic heterocycles. The fourth-order valence-electron chi connectivity index (χ4n) is 2.12. The van der Waals surface area contributed by atoms with Gasteiger partial charge in [0.25, 0.3) is 5.91 Å². The SMILES string of the molecule is CC[C@@H](CNC(=O)c1ncc(Cl)c(Cl)c1Cl)c1ccccc1. The summed E-state index contributed by atoms with van der Waals surface area (Å²) in [6.45, 7) is 2.58. The Balaban J connectivity index is 2.08. The molecule has 0 unspecified atom stereocenters. The standard InChI is InChI=1S/C16H15Cl3N2O/c1-2-10(11-6-4-3-5-7-11)8-21-16(22)15-14(19)13(18)12(17)9-20-15/h3-7,9-10H,2,8H2,1H3,(H,21,22)/t10-/m0/s1. The summed E-state index contributed by atoms with van der Waals surface area (Å²) >= 11 is 17.8. The number of carbonyl (C=O) groups excluding carboxylic acids is 1. The molecule has 0 aliphatic rings. The smallest absolute Gasteiger partial charge is 0.271 e. The van der Waals surface area contributed by atoms with Gasteiger partial charge in [0, 0.05) is 18.7 Å². The summed E-state index contributed by atoms with van der Waals surface area (Å²) in [6, 6.07) is 10.0. The van der Waals surface area contributed by atoms with E-state index in [0.29, 0.717) is 6.54 Å². The highest BCUT2D eigenvalue weighted by Gasteiger charge is 2.18. The van der Waals surface area contributed by atoms with Crippen LogP contribution in [0.3, 0.4) is 0 Å². The van der Waals surface area contributed by atoms with Crippen molar-refractivity contribution in [3.05, 3.63) is 62.9 Å². The average molecular weight is 358 g/mol. The molecule has 1 amide bonds. The molecular formula is C16H15Cl3N2O. The first kappa shape index (κ1) is 17.1. The molecule has 1 atom stereocenters. The molecule has 0 bridgehead atoms. The van der Waals surface area contributed by atoms with Crippen molar-refractivity contribution >= 4 is 40.7 Å². The van der Waals surface area contributed by atoms with Gasteiger partial charge in [-0.15, -0.1) is 0 Å². The zero-order valence-corrected chi connectivity index (χ0v) is 14.2. The molecule has 2 aromatic rings. The van der Waals surface area contributed by atoms with Crippen molar-refractivity contribution in [2.45, 2.75) is 19.3 Å². The normalized spacial score (nSPS) is 12.0. The number of aromatic nitrogens is 1. The monoisotopic (exact) mass is 356 g/mol. The molecule has 6 heteroatoms. The van der Waals surface area contributed by atoms with Gasteiger partial charge in [-0.2, -0.15) is 0 Å². The minimum absolute atomic E-state index is 0.0689. The van der Waals surface area contributed by atoms with Gasteiger partial charge in [-0.3, -0.25) is 4.79 Å². The van der Waals surface area contributed by atoms with Gasteiger partial charge < -0.3 is 5.32 Å². The number of rotatable bonds is 5. The van der Waals surface area contributed by atoms with Crippen LogP contribution in [0.2, 0.25) is 15.1 Å². The molecular weight excluding hydrogens is 343 g/mol. The Kier molecular flexibility index (Phi) is 6.07. The van der Waals surface area contributed by atoms with Crippen LogP contribution in [0.5, 0.6) is 0 Å². The zero-order valence-electron chi connectivity index (χ0n) is 11.9. The fraction of sp³-hybridized carbons (Fsp3) is 0.250. The fourth-order valence-corrected chi connectivity index (χ4v) is 2.69. The first-order valence-electron chi connectivity index (χ1n) is 6.87. The summed E-state index contributed by atoms with van der Waals surface area (Å²) in [5.41, 5.74) is 1.26. The van der Waals surface area contributed by atoms with Gasteiger partial charge in [0.15, 0.2) is 0 Å². The summed E-state index contributed by atoms with van der Waals surface area (Å²) in [7, 11) is 0. The van der Waals surface area contributed by atoms with Gasteiger partial charge in [-0.25, -0.2) is 4.98 Å². The van der Waals surface area contributed by atoms with E-state index in [-0.39, 0.29) is 32.6 Å². The third kappa shape index (κ3) is 3.92. The number of halogens is 3. The van der Waals surface area contributed by atoms with Crippen LogP contribution in [0.1, 0.15) is 35.3 Å². The summed E-state index contributed by atoms with van der Waals surface area (Å²) in [6.07, 6.45) is 2.23. The van der Waals surface area contributed by atoms with Crippen LogP contribution in [0.4, 0.5) is 0 Å². The second-order valence-corrected chi connectivity index (χ2v) is 5.97. The third-order valence-electron chi connectivity index (χ3n) is 3.41. The van der Waals surface area contributed by atoms with Crippen LogP contribution in [-0.4, -0.2) is 17.4 Å². The van der Waals surface area contributed by atoms with Crippen LogP contribution in [0.15, 0.2) is 36.5 Å². The Hall–Kier alpha value is -1.29. The molecule has 0 saturated carbocycles. The highest BCUT2D eigenvalue weighted by molar-refractivity contribution is 6.48. The van der Waals surface area contributed by atoms with E-state index in [2.05, 4.69) is 17.2 Å². The Morgan fingerprint density at radius 2 is 1.86 bits per heavy atom. The first-order chi connectivity index (χ1) is 10.5. The number of nitrogens with one attached hydrogen (secondary N) is 1. The van der Waals surface area contributed by atoms with Crippen molar-refractivity contribution in [1.29, 1.82) is 0 Å². The van der Waals surface area contributed by atoms with E-state index >= 15 is 0 Å². The number of nitrogens with zero attached hydrogens (tertiary/aromatic N) is 1. The minimum atomic E-state index is -0.363. The van der Waals surface area contributed by atoms with Gasteiger partial charge in [-0.05, 0) is 12.0 Å². The second kappa shape index (κ2) is 7.82. The van der Waals surface area contributed by atoms with E-state index in [9.17, 15) is 4.79 Å². The number of carbonyl (C=O) groups is 1. The van der Waals surface area contributed by atoms with Crippen LogP contribution < -0.4 is 5.32 Å². The predicted octanol–water partition coefficient (Wildman–Crippen LogP) is 4.97. The average Bonchev–Trinajstić information content (AvgIpc) is 2.54. The van der Waals surface area contributed by atoms with Gasteiger partial charge in [-0.1, -0.05) is 72.1 Å². The number of hydrogen-bond acceptors (Lipinski definition) is 2. The maximum Gasteiger partial charge on any atom is 0.271 e. The maximum absolute atomic E-state index is 12.2. The summed E-state index contributed by atoms with van der Waals surface area (Å²) < 4.78 is 0. The topological polar surface area (TPSA) is 42.0 Å². The Labute approximate surface area is 144 Å². The lowest BCUT2D eigenvalue weighted by atomic mass is 9.96. The van der Waals surface area contributed by atoms with Crippen molar-refractivity contribution < 1.29 is 4.79 Å². The molecule has 1 N–H and O–H groups in total. The molecule has 0 aliphatic carbocycles. The number of benzene rings is 1. The second-order valence-electron chi connectivity index (χ2n) is 4.81. The highest BCUT2D eigenvalue weighted by atomic mass is 35.5. The molecule has 0 fully saturated rings. The molecule has 0 spiro atoms. The lowest BCUT2D eigenvalue weighted by Gasteiger charge is -2.16. The number of amides is 1. The lowest BCUT2D eigenvalue weighted by Crippen LogP contribution is -2.29. The number of hydrogen-bond donors (Lipinski definition) is 1. The molecule has 0 radical (unpaired) electrons. The quantitative estimate of drug-likeness (QED) is 0.821. The highest BCUT2D eigenvalue weighted by Crippen LogP contribution is 2.31. The molecule has 0 saturated heterocycles. The first-order valence-corrected chi connectivity index (χ1v) is 8.00. The van der Waals surface area contributed by atoms with E-state index in [0.717, 1.165) is 6.42 Å². The Bertz CT molecular complexity index is 662. The Morgan fingerprint density at radius 1 is 1.18 bits per heavy atom. The molecule has 22 heavy (non-hydrogen) atoms. The van der Waals surface area contributed by atoms with Gasteiger partial charge >= 0.3 is 0 Å². The summed E-state index contributed by atoms with van der Waals surface area (Å²) in [4.78, 5) is 16.2. The number of pyridine rings is 1. The minimum Gasteiger partial charge on any atom is -0.350 e. The van der Waals surface area contributed by atoms with Crippen LogP contribution >= 0.6 is 34.8 Å². The molecule has 1 heterocycles. The lowest BCUT2D eigenvalue weighted by molar-refractivity contribution is 0.0946. The van der Waals surface area contributed by atoms with Crippen molar-refractivity contribution in [3.63, 3.8) is 0 Å². The maximum atomic E-state index is 12.2. The van der Waals surface area contributed by atoms with E-state index in [1.54, 1.807) is 0 Å². The van der Waals surface area contributed by atoms with E-state index < -0.39 is 0 Å². The molecule has 3 nitrogen and oxygen atoms in total. The third-order valence-corrected chi connectivity index (χ3v) is 4.65. The molecule has 0 aliphatic heterocycles. The summed E-state index contributed by atoms with van der Waals surface area (Å²) in [5, 5.41) is 3.28. The van der Waals surface area contributed by atoms with Crippen molar-refractivity contribution in [3.8, 4) is 0 Å².